The molecule has 2 aromatic rings. The molecule has 1 nitrogen and oxygen atoms in total. The molecular formula is C16H14FN. The van der Waals surface area contributed by atoms with Gasteiger partial charge >= 0.3 is 0 Å². The first kappa shape index (κ1) is 12.3. The van der Waals surface area contributed by atoms with Crippen LogP contribution < -0.4 is 0 Å². The Labute approximate surface area is 107 Å². The van der Waals surface area contributed by atoms with Crippen molar-refractivity contribution in [2.24, 2.45) is 0 Å². The molecular weight excluding hydrogens is 225 g/mol. The third-order valence-electron chi connectivity index (χ3n) is 3.06. The molecule has 0 radical (unpaired) electrons. The summed E-state index contributed by atoms with van der Waals surface area (Å²) in [5.74, 6) is -0.00000591. The summed E-state index contributed by atoms with van der Waals surface area (Å²) < 4.78 is 13.6. The van der Waals surface area contributed by atoms with E-state index in [2.05, 4.69) is 6.07 Å². The van der Waals surface area contributed by atoms with Gasteiger partial charge in [0.25, 0.3) is 0 Å². The third-order valence-corrected chi connectivity index (χ3v) is 3.06. The Hall–Kier alpha value is -2.14. The van der Waals surface area contributed by atoms with Crippen LogP contribution in [0.5, 0.6) is 0 Å². The second-order valence-corrected chi connectivity index (χ2v) is 4.37. The van der Waals surface area contributed by atoms with Crippen molar-refractivity contribution in [3.05, 3.63) is 59.9 Å². The van der Waals surface area contributed by atoms with Crippen molar-refractivity contribution >= 4 is 0 Å². The number of hydrogen-bond donors (Lipinski definition) is 0. The predicted octanol–water partition coefficient (Wildman–Crippen LogP) is 4.51. The van der Waals surface area contributed by atoms with Crippen molar-refractivity contribution in [2.75, 3.05) is 0 Å². The Bertz CT molecular complexity index is 566. The predicted molar refractivity (Wildman–Crippen MR) is 70.5 cm³/mol. The molecule has 1 atom stereocenters. The van der Waals surface area contributed by atoms with Crippen molar-refractivity contribution < 1.29 is 4.39 Å². The maximum Gasteiger partial charge on any atom is 0.131 e. The molecule has 0 aliphatic carbocycles. The first-order chi connectivity index (χ1) is 8.72. The average molecular weight is 239 g/mol. The quantitative estimate of drug-likeness (QED) is 0.773. The monoisotopic (exact) mass is 239 g/mol. The molecule has 0 saturated heterocycles. The minimum absolute atomic E-state index is 0.213. The number of hydrogen-bond acceptors (Lipinski definition) is 1. The summed E-state index contributed by atoms with van der Waals surface area (Å²) in [4.78, 5) is 0. The van der Waals surface area contributed by atoms with E-state index in [1.165, 1.54) is 6.07 Å². The molecule has 2 heteroatoms. The van der Waals surface area contributed by atoms with Gasteiger partial charge in [0.1, 0.15) is 5.82 Å². The van der Waals surface area contributed by atoms with Crippen LogP contribution in [0.15, 0.2) is 48.5 Å². The molecule has 0 aliphatic rings. The van der Waals surface area contributed by atoms with Crippen molar-refractivity contribution in [3.8, 4) is 17.2 Å². The van der Waals surface area contributed by atoms with E-state index < -0.39 is 0 Å². The lowest BCUT2D eigenvalue weighted by Crippen LogP contribution is -1.92. The molecule has 0 saturated carbocycles. The Morgan fingerprint density at radius 3 is 2.39 bits per heavy atom. The lowest BCUT2D eigenvalue weighted by Gasteiger charge is -2.09. The number of benzene rings is 2. The molecule has 2 aromatic carbocycles. The minimum Gasteiger partial charge on any atom is -0.206 e. The zero-order valence-corrected chi connectivity index (χ0v) is 10.2. The van der Waals surface area contributed by atoms with Gasteiger partial charge in [0.15, 0.2) is 0 Å². The Morgan fingerprint density at radius 2 is 1.78 bits per heavy atom. The molecule has 0 bridgehead atoms. The summed E-state index contributed by atoms with van der Waals surface area (Å²) in [7, 11) is 0. The molecule has 2 rings (SSSR count). The fourth-order valence-electron chi connectivity index (χ4n) is 1.94. The van der Waals surface area contributed by atoms with E-state index in [1.54, 1.807) is 12.1 Å². The molecule has 0 heterocycles. The second kappa shape index (κ2) is 5.46. The molecule has 90 valence electrons. The maximum absolute atomic E-state index is 13.6. The normalized spacial score (nSPS) is 11.8. The van der Waals surface area contributed by atoms with Gasteiger partial charge in [-0.3, -0.25) is 0 Å². The van der Waals surface area contributed by atoms with Crippen LogP contribution in [0, 0.1) is 17.1 Å². The Morgan fingerprint density at radius 1 is 1.11 bits per heavy atom. The molecule has 0 N–H and O–H groups in total. The van der Waals surface area contributed by atoms with E-state index >= 15 is 0 Å². The van der Waals surface area contributed by atoms with Gasteiger partial charge in [-0.1, -0.05) is 49.4 Å². The lowest BCUT2D eigenvalue weighted by molar-refractivity contribution is 0.631. The zero-order valence-electron chi connectivity index (χ0n) is 10.2. The molecule has 0 spiro atoms. The summed E-state index contributed by atoms with van der Waals surface area (Å²) >= 11 is 0. The van der Waals surface area contributed by atoms with Crippen LogP contribution >= 0.6 is 0 Å². The lowest BCUT2D eigenvalue weighted by atomic mass is 9.95. The van der Waals surface area contributed by atoms with Gasteiger partial charge in [-0.25, -0.2) is 4.39 Å². The number of nitrogens with zero attached hydrogens (tertiary/aromatic N) is 1. The van der Waals surface area contributed by atoms with Crippen molar-refractivity contribution in [2.45, 2.75) is 19.3 Å². The summed E-state index contributed by atoms with van der Waals surface area (Å²) in [6.45, 7) is 2.02. The highest BCUT2D eigenvalue weighted by Gasteiger charge is 2.07. The van der Waals surface area contributed by atoms with Gasteiger partial charge in [0.05, 0.1) is 6.07 Å². The Kier molecular flexibility index (Phi) is 3.74. The van der Waals surface area contributed by atoms with Gasteiger partial charge in [-0.05, 0) is 23.1 Å². The van der Waals surface area contributed by atoms with E-state index in [1.807, 2.05) is 37.3 Å². The molecule has 0 aliphatic heterocycles. The molecule has 0 aromatic heterocycles. The number of rotatable bonds is 3. The van der Waals surface area contributed by atoms with Crippen molar-refractivity contribution in [1.82, 2.24) is 0 Å². The first-order valence-corrected chi connectivity index (χ1v) is 5.94. The fourth-order valence-corrected chi connectivity index (χ4v) is 1.94. The highest BCUT2D eigenvalue weighted by atomic mass is 19.1. The number of halogens is 1. The van der Waals surface area contributed by atoms with Gasteiger partial charge in [0.2, 0.25) is 0 Å². The minimum atomic E-state index is -0.213. The molecule has 0 amide bonds. The largest absolute Gasteiger partial charge is 0.206 e. The van der Waals surface area contributed by atoms with Crippen molar-refractivity contribution in [1.29, 1.82) is 5.26 Å². The SMILES string of the molecule is CC(CC#N)c1ccc(-c2ccccc2F)cc1. The van der Waals surface area contributed by atoms with Crippen LogP contribution in [0.3, 0.4) is 0 Å². The molecule has 0 fully saturated rings. The smallest absolute Gasteiger partial charge is 0.131 e. The van der Waals surface area contributed by atoms with E-state index in [9.17, 15) is 4.39 Å². The van der Waals surface area contributed by atoms with E-state index in [0.717, 1.165) is 11.1 Å². The molecule has 18 heavy (non-hydrogen) atoms. The summed E-state index contributed by atoms with van der Waals surface area (Å²) in [6.07, 6.45) is 0.499. The number of nitriles is 1. The van der Waals surface area contributed by atoms with Crippen molar-refractivity contribution in [3.63, 3.8) is 0 Å². The first-order valence-electron chi connectivity index (χ1n) is 5.94. The van der Waals surface area contributed by atoms with E-state index in [0.29, 0.717) is 12.0 Å². The summed E-state index contributed by atoms with van der Waals surface area (Å²) in [5.41, 5.74) is 2.58. The van der Waals surface area contributed by atoms with Crippen LogP contribution in [-0.2, 0) is 0 Å². The standard InChI is InChI=1S/C16H14FN/c1-12(10-11-18)13-6-8-14(9-7-13)15-4-2-3-5-16(15)17/h2-9,12H,10H2,1H3. The van der Waals surface area contributed by atoms with E-state index in [4.69, 9.17) is 5.26 Å². The van der Waals surface area contributed by atoms with Crippen LogP contribution in [0.1, 0.15) is 24.8 Å². The maximum atomic E-state index is 13.6. The highest BCUT2D eigenvalue weighted by molar-refractivity contribution is 5.64. The van der Waals surface area contributed by atoms with Crippen LogP contribution in [0.2, 0.25) is 0 Å². The van der Waals surface area contributed by atoms with Crippen LogP contribution in [-0.4, -0.2) is 0 Å². The van der Waals surface area contributed by atoms with Gasteiger partial charge in [-0.2, -0.15) is 5.26 Å². The fraction of sp³-hybridized carbons (Fsp3) is 0.188. The van der Waals surface area contributed by atoms with Crippen LogP contribution in [0.4, 0.5) is 4.39 Å². The topological polar surface area (TPSA) is 23.8 Å². The van der Waals surface area contributed by atoms with Crippen LogP contribution in [0.25, 0.3) is 11.1 Å². The van der Waals surface area contributed by atoms with Gasteiger partial charge in [0, 0.05) is 12.0 Å². The van der Waals surface area contributed by atoms with Gasteiger partial charge in [-0.15, -0.1) is 0 Å². The third kappa shape index (κ3) is 2.57. The highest BCUT2D eigenvalue weighted by Crippen LogP contribution is 2.25. The second-order valence-electron chi connectivity index (χ2n) is 4.37. The average Bonchev–Trinajstić information content (AvgIpc) is 2.40. The van der Waals surface area contributed by atoms with E-state index in [-0.39, 0.29) is 11.7 Å². The Balaban J connectivity index is 2.29. The molecule has 1 unspecified atom stereocenters. The zero-order chi connectivity index (χ0) is 13.0. The summed E-state index contributed by atoms with van der Waals surface area (Å²) in [5, 5.41) is 8.67. The van der Waals surface area contributed by atoms with Gasteiger partial charge < -0.3 is 0 Å². The summed E-state index contributed by atoms with van der Waals surface area (Å²) in [6, 6.07) is 16.6.